The van der Waals surface area contributed by atoms with Gasteiger partial charge in [0.2, 0.25) is 5.91 Å². The maximum absolute atomic E-state index is 12.7. The van der Waals surface area contributed by atoms with Crippen LogP contribution >= 0.6 is 12.4 Å². The predicted molar refractivity (Wildman–Crippen MR) is 106 cm³/mol. The van der Waals surface area contributed by atoms with Gasteiger partial charge in [0.25, 0.3) is 0 Å². The van der Waals surface area contributed by atoms with Gasteiger partial charge in [0.1, 0.15) is 0 Å². The minimum Gasteiger partial charge on any atom is -0.493 e. The van der Waals surface area contributed by atoms with E-state index in [0.717, 1.165) is 18.7 Å². The molecule has 1 saturated heterocycles. The van der Waals surface area contributed by atoms with E-state index >= 15 is 0 Å². The Morgan fingerprint density at radius 3 is 2.22 bits per heavy atom. The van der Waals surface area contributed by atoms with Crippen LogP contribution in [0.15, 0.2) is 23.8 Å². The Morgan fingerprint density at radius 1 is 1.07 bits per heavy atom. The normalized spacial score (nSPS) is 18.5. The maximum atomic E-state index is 12.7. The molecule has 2 aliphatic rings. The number of nitrogens with zero attached hydrogens (tertiary/aromatic N) is 2. The van der Waals surface area contributed by atoms with Crippen molar-refractivity contribution in [3.63, 3.8) is 0 Å². The van der Waals surface area contributed by atoms with Crippen LogP contribution < -0.4 is 9.47 Å². The van der Waals surface area contributed by atoms with Crippen molar-refractivity contribution < 1.29 is 19.1 Å². The minimum absolute atomic E-state index is 0. The van der Waals surface area contributed by atoms with Crippen LogP contribution in [0.25, 0.3) is 0 Å². The van der Waals surface area contributed by atoms with Gasteiger partial charge >= 0.3 is 0 Å². The molecule has 0 radical (unpaired) electrons. The molecule has 0 spiro atoms. The first kappa shape index (κ1) is 21.3. The van der Waals surface area contributed by atoms with Crippen LogP contribution in [0.1, 0.15) is 29.8 Å². The zero-order valence-electron chi connectivity index (χ0n) is 16.3. The van der Waals surface area contributed by atoms with Gasteiger partial charge in [-0.1, -0.05) is 0 Å². The van der Waals surface area contributed by atoms with Crippen LogP contribution in [0.3, 0.4) is 0 Å². The van der Waals surface area contributed by atoms with Gasteiger partial charge < -0.3 is 14.4 Å². The summed E-state index contributed by atoms with van der Waals surface area (Å²) in [5.74, 6) is 0.937. The lowest BCUT2D eigenvalue weighted by Crippen LogP contribution is -2.50. The van der Waals surface area contributed by atoms with Gasteiger partial charge in [0.15, 0.2) is 17.3 Å². The van der Waals surface area contributed by atoms with E-state index in [1.807, 2.05) is 11.0 Å². The number of rotatable bonds is 4. The second kappa shape index (κ2) is 8.76. The largest absolute Gasteiger partial charge is 0.493 e. The predicted octanol–water partition coefficient (Wildman–Crippen LogP) is 2.34. The number of hydrogen-bond acceptors (Lipinski definition) is 5. The first-order valence-electron chi connectivity index (χ1n) is 8.97. The molecule has 6 nitrogen and oxygen atoms in total. The van der Waals surface area contributed by atoms with Crippen LogP contribution in [0, 0.1) is 0 Å². The summed E-state index contributed by atoms with van der Waals surface area (Å²) in [6.45, 7) is 7.46. The Kier molecular flexibility index (Phi) is 6.89. The third kappa shape index (κ3) is 4.28. The second-order valence-electron chi connectivity index (χ2n) is 6.99. The fourth-order valence-electron chi connectivity index (χ4n) is 3.55. The van der Waals surface area contributed by atoms with Crippen molar-refractivity contribution in [1.29, 1.82) is 0 Å². The highest BCUT2D eigenvalue weighted by atomic mass is 35.5. The molecule has 27 heavy (non-hydrogen) atoms. The van der Waals surface area contributed by atoms with Crippen molar-refractivity contribution in [2.75, 3.05) is 40.4 Å². The molecule has 0 N–H and O–H groups in total. The molecule has 1 heterocycles. The number of benzene rings is 1. The standard InChI is InChI=1S/C20H26N2O4.ClH/c1-13(2)21-5-7-22(8-6-21)19(23)11-15-9-14-10-17(25-3)18(26-4)12-16(14)20(15)24;/h10-13H,5-9H2,1-4H3;1H/b15-11-;. The number of piperazine rings is 1. The first-order valence-corrected chi connectivity index (χ1v) is 8.97. The summed E-state index contributed by atoms with van der Waals surface area (Å²) >= 11 is 0. The molecule has 3 rings (SSSR count). The highest BCUT2D eigenvalue weighted by Gasteiger charge is 2.29. The second-order valence-corrected chi connectivity index (χ2v) is 6.99. The highest BCUT2D eigenvalue weighted by Crippen LogP contribution is 2.36. The zero-order chi connectivity index (χ0) is 18.8. The lowest BCUT2D eigenvalue weighted by Gasteiger charge is -2.36. The summed E-state index contributed by atoms with van der Waals surface area (Å²) in [6, 6.07) is 4.00. The van der Waals surface area contributed by atoms with Gasteiger partial charge in [-0.15, -0.1) is 12.4 Å². The van der Waals surface area contributed by atoms with Crippen molar-refractivity contribution in [3.8, 4) is 11.5 Å². The summed E-state index contributed by atoms with van der Waals surface area (Å²) in [6.07, 6.45) is 1.96. The van der Waals surface area contributed by atoms with E-state index in [2.05, 4.69) is 18.7 Å². The number of hydrogen-bond donors (Lipinski definition) is 0. The number of amides is 1. The number of Topliss-reactive ketones (excluding diaryl/α,β-unsaturated/α-hetero) is 1. The van der Waals surface area contributed by atoms with Crippen LogP contribution in [-0.4, -0.2) is 67.9 Å². The number of carbonyl (C=O) groups excluding carboxylic acids is 2. The molecule has 1 aromatic rings. The molecular weight excluding hydrogens is 368 g/mol. The molecule has 148 valence electrons. The van der Waals surface area contributed by atoms with Gasteiger partial charge in [-0.05, 0) is 31.5 Å². The summed E-state index contributed by atoms with van der Waals surface area (Å²) in [7, 11) is 3.11. The molecule has 7 heteroatoms. The van der Waals surface area contributed by atoms with Crippen LogP contribution in [0.5, 0.6) is 11.5 Å². The van der Waals surface area contributed by atoms with Crippen LogP contribution in [0.2, 0.25) is 0 Å². The van der Waals surface area contributed by atoms with Gasteiger partial charge in [-0.2, -0.15) is 0 Å². The van der Waals surface area contributed by atoms with Crippen molar-refractivity contribution in [2.24, 2.45) is 0 Å². The SMILES string of the molecule is COc1cc2c(cc1OC)C(=O)/C(=C\C(=O)N1CCN(C(C)C)CC1)C2.Cl. The van der Waals surface area contributed by atoms with E-state index in [9.17, 15) is 9.59 Å². The molecule has 1 aromatic carbocycles. The Labute approximate surface area is 166 Å². The summed E-state index contributed by atoms with van der Waals surface area (Å²) in [5, 5.41) is 0. The molecule has 0 aromatic heterocycles. The number of methoxy groups -OCH3 is 2. The van der Waals surface area contributed by atoms with Gasteiger partial charge in [-0.3, -0.25) is 14.5 Å². The molecule has 1 aliphatic carbocycles. The number of carbonyl (C=O) groups is 2. The smallest absolute Gasteiger partial charge is 0.247 e. The molecule has 1 amide bonds. The molecule has 1 aliphatic heterocycles. The van der Waals surface area contributed by atoms with Gasteiger partial charge in [-0.25, -0.2) is 0 Å². The fourth-order valence-corrected chi connectivity index (χ4v) is 3.55. The average molecular weight is 395 g/mol. The van der Waals surface area contributed by atoms with Crippen molar-refractivity contribution in [3.05, 3.63) is 34.9 Å². The van der Waals surface area contributed by atoms with Crippen molar-refractivity contribution in [1.82, 2.24) is 9.80 Å². The van der Waals surface area contributed by atoms with Crippen molar-refractivity contribution in [2.45, 2.75) is 26.3 Å². The number of ketones is 1. The van der Waals surface area contributed by atoms with E-state index in [-0.39, 0.29) is 24.1 Å². The maximum Gasteiger partial charge on any atom is 0.247 e. The Hall–Kier alpha value is -2.05. The molecule has 0 saturated carbocycles. The van der Waals surface area contributed by atoms with E-state index < -0.39 is 0 Å². The Balaban J connectivity index is 0.00000261. The van der Waals surface area contributed by atoms with Crippen LogP contribution in [0.4, 0.5) is 0 Å². The molecule has 0 atom stereocenters. The minimum atomic E-state index is -0.102. The topological polar surface area (TPSA) is 59.1 Å². The monoisotopic (exact) mass is 394 g/mol. The van der Waals surface area contributed by atoms with E-state index in [0.29, 0.717) is 48.2 Å². The Bertz CT molecular complexity index is 753. The summed E-state index contributed by atoms with van der Waals surface area (Å²) in [5.41, 5.74) is 1.99. The third-order valence-electron chi connectivity index (χ3n) is 5.18. The Morgan fingerprint density at radius 2 is 1.67 bits per heavy atom. The van der Waals surface area contributed by atoms with E-state index in [4.69, 9.17) is 9.47 Å². The lowest BCUT2D eigenvalue weighted by molar-refractivity contribution is -0.128. The summed E-state index contributed by atoms with van der Waals surface area (Å²) in [4.78, 5) is 29.5. The number of allylic oxidation sites excluding steroid dienone is 1. The summed E-state index contributed by atoms with van der Waals surface area (Å²) < 4.78 is 10.6. The third-order valence-corrected chi connectivity index (χ3v) is 5.18. The van der Waals surface area contributed by atoms with E-state index in [1.54, 1.807) is 20.3 Å². The first-order chi connectivity index (χ1) is 12.4. The lowest BCUT2D eigenvalue weighted by atomic mass is 10.1. The van der Waals surface area contributed by atoms with Crippen LogP contribution in [-0.2, 0) is 11.2 Å². The fraction of sp³-hybridized carbons (Fsp3) is 0.500. The molecule has 0 unspecified atom stereocenters. The van der Waals surface area contributed by atoms with Gasteiger partial charge in [0.05, 0.1) is 14.2 Å². The van der Waals surface area contributed by atoms with E-state index in [1.165, 1.54) is 6.08 Å². The van der Waals surface area contributed by atoms with Crippen molar-refractivity contribution >= 4 is 24.1 Å². The number of ether oxygens (including phenoxy) is 2. The molecular formula is C20H27ClN2O4. The zero-order valence-corrected chi connectivity index (χ0v) is 17.1. The average Bonchev–Trinajstić information content (AvgIpc) is 2.95. The molecule has 1 fully saturated rings. The number of fused-ring (bicyclic) bond motifs is 1. The van der Waals surface area contributed by atoms with Gasteiger partial charge in [0, 0.05) is 55.9 Å². The highest BCUT2D eigenvalue weighted by molar-refractivity contribution is 6.16. The molecule has 0 bridgehead atoms. The quantitative estimate of drug-likeness (QED) is 0.733. The number of halogens is 1.